The zero-order valence-electron chi connectivity index (χ0n) is 11.4. The number of aryl methyl sites for hydroxylation is 3. The standard InChI is InChI=1S/C15H21NO2/c1-10-8-12(3)13(9-11(10)2)18-15(14(16)17)6-4-5-7-15/h8-9H,4-7H2,1-3H3,(H2,16,17). The maximum Gasteiger partial charge on any atom is 0.261 e. The second-order valence-electron chi connectivity index (χ2n) is 5.37. The first-order valence-electron chi connectivity index (χ1n) is 6.51. The normalized spacial score (nSPS) is 17.7. The van der Waals surface area contributed by atoms with E-state index >= 15 is 0 Å². The summed E-state index contributed by atoms with van der Waals surface area (Å²) >= 11 is 0. The lowest BCUT2D eigenvalue weighted by Crippen LogP contribution is -2.46. The number of hydrogen-bond donors (Lipinski definition) is 1. The summed E-state index contributed by atoms with van der Waals surface area (Å²) in [6.45, 7) is 6.13. The summed E-state index contributed by atoms with van der Waals surface area (Å²) in [5, 5.41) is 0. The molecule has 1 aliphatic rings. The Morgan fingerprint density at radius 1 is 1.11 bits per heavy atom. The molecular formula is C15H21NO2. The molecule has 1 amide bonds. The zero-order valence-corrected chi connectivity index (χ0v) is 11.4. The Kier molecular flexibility index (Phi) is 3.33. The molecule has 0 bridgehead atoms. The van der Waals surface area contributed by atoms with E-state index < -0.39 is 5.60 Å². The van der Waals surface area contributed by atoms with Crippen LogP contribution in [0.2, 0.25) is 0 Å². The van der Waals surface area contributed by atoms with E-state index in [-0.39, 0.29) is 5.91 Å². The molecule has 0 radical (unpaired) electrons. The van der Waals surface area contributed by atoms with Crippen molar-refractivity contribution in [3.63, 3.8) is 0 Å². The summed E-state index contributed by atoms with van der Waals surface area (Å²) < 4.78 is 6.02. The molecular weight excluding hydrogens is 226 g/mol. The van der Waals surface area contributed by atoms with Gasteiger partial charge >= 0.3 is 0 Å². The number of nitrogens with two attached hydrogens (primary N) is 1. The van der Waals surface area contributed by atoms with Gasteiger partial charge in [-0.3, -0.25) is 4.79 Å². The van der Waals surface area contributed by atoms with Crippen LogP contribution in [0, 0.1) is 20.8 Å². The molecule has 0 aromatic heterocycles. The predicted molar refractivity (Wildman–Crippen MR) is 71.7 cm³/mol. The molecule has 18 heavy (non-hydrogen) atoms. The minimum Gasteiger partial charge on any atom is -0.477 e. The molecule has 98 valence electrons. The van der Waals surface area contributed by atoms with E-state index in [4.69, 9.17) is 10.5 Å². The second kappa shape index (κ2) is 4.63. The molecule has 1 aromatic carbocycles. The number of primary amides is 1. The van der Waals surface area contributed by atoms with Crippen LogP contribution in [-0.2, 0) is 4.79 Å². The summed E-state index contributed by atoms with van der Waals surface area (Å²) in [6, 6.07) is 4.10. The van der Waals surface area contributed by atoms with Gasteiger partial charge in [0.2, 0.25) is 0 Å². The average Bonchev–Trinajstić information content (AvgIpc) is 2.76. The first-order chi connectivity index (χ1) is 8.44. The monoisotopic (exact) mass is 247 g/mol. The third kappa shape index (κ3) is 2.22. The number of ether oxygens (including phenoxy) is 1. The predicted octanol–water partition coefficient (Wildman–Crippen LogP) is 2.79. The van der Waals surface area contributed by atoms with Gasteiger partial charge in [0.15, 0.2) is 5.60 Å². The van der Waals surface area contributed by atoms with E-state index in [2.05, 4.69) is 13.0 Å². The average molecular weight is 247 g/mol. The van der Waals surface area contributed by atoms with Crippen molar-refractivity contribution in [3.8, 4) is 5.75 Å². The quantitative estimate of drug-likeness (QED) is 0.893. The molecule has 1 saturated carbocycles. The molecule has 3 nitrogen and oxygen atoms in total. The van der Waals surface area contributed by atoms with E-state index in [0.717, 1.165) is 37.0 Å². The van der Waals surface area contributed by atoms with Gasteiger partial charge in [0, 0.05) is 0 Å². The van der Waals surface area contributed by atoms with Crippen molar-refractivity contribution in [2.45, 2.75) is 52.1 Å². The maximum atomic E-state index is 11.7. The largest absolute Gasteiger partial charge is 0.477 e. The Balaban J connectivity index is 2.33. The van der Waals surface area contributed by atoms with Crippen LogP contribution in [0.5, 0.6) is 5.75 Å². The lowest BCUT2D eigenvalue weighted by atomic mass is 10.00. The highest BCUT2D eigenvalue weighted by Gasteiger charge is 2.42. The van der Waals surface area contributed by atoms with E-state index in [1.54, 1.807) is 0 Å². The summed E-state index contributed by atoms with van der Waals surface area (Å²) in [5.41, 5.74) is 8.22. The summed E-state index contributed by atoms with van der Waals surface area (Å²) in [6.07, 6.45) is 3.48. The molecule has 0 atom stereocenters. The Bertz CT molecular complexity index is 474. The van der Waals surface area contributed by atoms with Crippen LogP contribution in [0.3, 0.4) is 0 Å². The second-order valence-corrected chi connectivity index (χ2v) is 5.37. The van der Waals surface area contributed by atoms with Crippen LogP contribution in [0.4, 0.5) is 0 Å². The van der Waals surface area contributed by atoms with E-state index in [1.807, 2.05) is 19.9 Å². The van der Waals surface area contributed by atoms with E-state index in [1.165, 1.54) is 11.1 Å². The molecule has 2 N–H and O–H groups in total. The number of amides is 1. The molecule has 0 aliphatic heterocycles. The van der Waals surface area contributed by atoms with Gasteiger partial charge in [-0.25, -0.2) is 0 Å². The number of rotatable bonds is 3. The Morgan fingerprint density at radius 2 is 1.67 bits per heavy atom. The van der Waals surface area contributed by atoms with Crippen molar-refractivity contribution < 1.29 is 9.53 Å². The fraction of sp³-hybridized carbons (Fsp3) is 0.533. The number of carbonyl (C=O) groups excluding carboxylic acids is 1. The molecule has 1 aliphatic carbocycles. The fourth-order valence-electron chi connectivity index (χ4n) is 2.60. The number of benzene rings is 1. The third-order valence-electron chi connectivity index (χ3n) is 3.96. The highest BCUT2D eigenvalue weighted by Crippen LogP contribution is 2.36. The molecule has 0 spiro atoms. The molecule has 0 unspecified atom stereocenters. The summed E-state index contributed by atoms with van der Waals surface area (Å²) in [7, 11) is 0. The molecule has 0 saturated heterocycles. The first kappa shape index (κ1) is 12.9. The van der Waals surface area contributed by atoms with Gasteiger partial charge in [-0.15, -0.1) is 0 Å². The molecule has 2 rings (SSSR count). The molecule has 3 heteroatoms. The maximum absolute atomic E-state index is 11.7. The minimum atomic E-state index is -0.785. The Labute approximate surface area is 108 Å². The minimum absolute atomic E-state index is 0.336. The van der Waals surface area contributed by atoms with Gasteiger partial charge < -0.3 is 10.5 Å². The van der Waals surface area contributed by atoms with Gasteiger partial charge in [-0.2, -0.15) is 0 Å². The van der Waals surface area contributed by atoms with Gasteiger partial charge in [0.1, 0.15) is 5.75 Å². The van der Waals surface area contributed by atoms with Crippen LogP contribution in [0.1, 0.15) is 42.4 Å². The fourth-order valence-corrected chi connectivity index (χ4v) is 2.60. The Hall–Kier alpha value is -1.51. The topological polar surface area (TPSA) is 52.3 Å². The van der Waals surface area contributed by atoms with Crippen molar-refractivity contribution in [3.05, 3.63) is 28.8 Å². The van der Waals surface area contributed by atoms with Crippen molar-refractivity contribution in [2.24, 2.45) is 5.73 Å². The highest BCUT2D eigenvalue weighted by molar-refractivity contribution is 5.84. The van der Waals surface area contributed by atoms with Crippen LogP contribution in [-0.4, -0.2) is 11.5 Å². The highest BCUT2D eigenvalue weighted by atomic mass is 16.5. The number of hydrogen-bond acceptors (Lipinski definition) is 2. The number of carbonyl (C=O) groups is 1. The van der Waals surface area contributed by atoms with Crippen LogP contribution < -0.4 is 10.5 Å². The molecule has 1 aromatic rings. The van der Waals surface area contributed by atoms with Crippen LogP contribution in [0.15, 0.2) is 12.1 Å². The zero-order chi connectivity index (χ0) is 13.3. The lowest BCUT2D eigenvalue weighted by molar-refractivity contribution is -0.133. The first-order valence-corrected chi connectivity index (χ1v) is 6.51. The molecule has 0 heterocycles. The van der Waals surface area contributed by atoms with Gasteiger partial charge in [0.25, 0.3) is 5.91 Å². The van der Waals surface area contributed by atoms with E-state index in [0.29, 0.717) is 0 Å². The van der Waals surface area contributed by atoms with Crippen LogP contribution in [0.25, 0.3) is 0 Å². The van der Waals surface area contributed by atoms with Gasteiger partial charge in [-0.1, -0.05) is 6.07 Å². The lowest BCUT2D eigenvalue weighted by Gasteiger charge is -2.28. The van der Waals surface area contributed by atoms with Crippen molar-refractivity contribution in [1.82, 2.24) is 0 Å². The van der Waals surface area contributed by atoms with Crippen molar-refractivity contribution >= 4 is 5.91 Å². The summed E-state index contributed by atoms with van der Waals surface area (Å²) in [5.74, 6) is 0.455. The van der Waals surface area contributed by atoms with Gasteiger partial charge in [0.05, 0.1) is 0 Å². The Morgan fingerprint density at radius 3 is 2.22 bits per heavy atom. The van der Waals surface area contributed by atoms with Crippen molar-refractivity contribution in [1.29, 1.82) is 0 Å². The van der Waals surface area contributed by atoms with Crippen LogP contribution >= 0.6 is 0 Å². The van der Waals surface area contributed by atoms with E-state index in [9.17, 15) is 4.79 Å². The third-order valence-corrected chi connectivity index (χ3v) is 3.96. The smallest absolute Gasteiger partial charge is 0.261 e. The van der Waals surface area contributed by atoms with Gasteiger partial charge in [-0.05, 0) is 69.2 Å². The summed E-state index contributed by atoms with van der Waals surface area (Å²) in [4.78, 5) is 11.7. The SMILES string of the molecule is Cc1cc(C)c(OC2(C(N)=O)CCCC2)cc1C. The molecule has 1 fully saturated rings. The van der Waals surface area contributed by atoms with Crippen molar-refractivity contribution in [2.75, 3.05) is 0 Å².